The highest BCUT2D eigenvalue weighted by molar-refractivity contribution is 6.31. The van der Waals surface area contributed by atoms with E-state index in [9.17, 15) is 9.50 Å². The Labute approximate surface area is 130 Å². The van der Waals surface area contributed by atoms with Gasteiger partial charge >= 0.3 is 0 Å². The molecule has 0 heterocycles. The number of rotatable bonds is 4. The Hall–Kier alpha value is -1.38. The summed E-state index contributed by atoms with van der Waals surface area (Å²) in [7, 11) is 0. The molecule has 0 saturated heterocycles. The molecule has 0 aromatic heterocycles. The first-order valence-corrected chi connectivity index (χ1v) is 7.44. The monoisotopic (exact) mass is 306 g/mol. The summed E-state index contributed by atoms with van der Waals surface area (Å²) >= 11 is 6.01. The lowest BCUT2D eigenvalue weighted by atomic mass is 9.93. The van der Waals surface area contributed by atoms with Gasteiger partial charge in [-0.15, -0.1) is 0 Å². The van der Waals surface area contributed by atoms with Crippen molar-refractivity contribution in [3.05, 3.63) is 69.0 Å². The van der Waals surface area contributed by atoms with Crippen molar-refractivity contribution in [2.75, 3.05) is 0 Å². The van der Waals surface area contributed by atoms with E-state index in [1.54, 1.807) is 12.1 Å². The molecule has 2 aromatic rings. The molecule has 3 heteroatoms. The highest BCUT2D eigenvalue weighted by Gasteiger charge is 2.15. The average Bonchev–Trinajstić information content (AvgIpc) is 2.38. The van der Waals surface area contributed by atoms with Crippen LogP contribution in [0, 0.1) is 26.6 Å². The molecule has 0 bridgehead atoms. The van der Waals surface area contributed by atoms with E-state index in [1.807, 2.05) is 13.8 Å². The number of aryl methyl sites for hydroxylation is 3. The molecular weight excluding hydrogens is 287 g/mol. The van der Waals surface area contributed by atoms with E-state index in [-0.39, 0.29) is 12.2 Å². The fourth-order valence-corrected chi connectivity index (χ4v) is 3.04. The van der Waals surface area contributed by atoms with Crippen LogP contribution in [0.15, 0.2) is 30.3 Å². The lowest BCUT2D eigenvalue weighted by Crippen LogP contribution is -2.16. The first-order chi connectivity index (χ1) is 9.88. The predicted molar refractivity (Wildman–Crippen MR) is 85.5 cm³/mol. The molecule has 1 nitrogen and oxygen atoms in total. The molecule has 1 N–H and O–H groups in total. The zero-order chi connectivity index (χ0) is 15.6. The van der Waals surface area contributed by atoms with Gasteiger partial charge in [0.25, 0.3) is 0 Å². The standard InChI is InChI=1S/C18H20ClFO/c1-11-7-12(2)15(13(3)8-11)9-14(21)10-16-17(19)5-4-6-18(16)20/h4-8,14,21H,9-10H2,1-3H3. The third kappa shape index (κ3) is 3.84. The maximum atomic E-state index is 13.8. The van der Waals surface area contributed by atoms with Crippen LogP contribution < -0.4 is 0 Å². The molecule has 112 valence electrons. The van der Waals surface area contributed by atoms with Crippen molar-refractivity contribution in [2.24, 2.45) is 0 Å². The summed E-state index contributed by atoms with van der Waals surface area (Å²) < 4.78 is 13.8. The van der Waals surface area contributed by atoms with E-state index in [4.69, 9.17) is 11.6 Å². The number of aliphatic hydroxyl groups is 1. The van der Waals surface area contributed by atoms with Crippen LogP contribution in [0.4, 0.5) is 4.39 Å². The van der Waals surface area contributed by atoms with Crippen molar-refractivity contribution in [3.8, 4) is 0 Å². The van der Waals surface area contributed by atoms with E-state index in [2.05, 4.69) is 19.1 Å². The van der Waals surface area contributed by atoms with Gasteiger partial charge in [-0.2, -0.15) is 0 Å². The molecule has 21 heavy (non-hydrogen) atoms. The maximum absolute atomic E-state index is 13.8. The topological polar surface area (TPSA) is 20.2 Å². The summed E-state index contributed by atoms with van der Waals surface area (Å²) in [5, 5.41) is 10.7. The van der Waals surface area contributed by atoms with E-state index in [1.165, 1.54) is 11.6 Å². The summed E-state index contributed by atoms with van der Waals surface area (Å²) in [6, 6.07) is 8.80. The van der Waals surface area contributed by atoms with Gasteiger partial charge in [-0.25, -0.2) is 4.39 Å². The zero-order valence-electron chi connectivity index (χ0n) is 12.6. The predicted octanol–water partition coefficient (Wildman–Crippen LogP) is 4.55. The molecule has 0 spiro atoms. The van der Waals surface area contributed by atoms with Crippen LogP contribution in [0.25, 0.3) is 0 Å². The Kier molecular flexibility index (Phi) is 5.02. The van der Waals surface area contributed by atoms with Crippen LogP contribution in [0.1, 0.15) is 27.8 Å². The van der Waals surface area contributed by atoms with E-state index in [0.717, 1.165) is 16.7 Å². The highest BCUT2D eigenvalue weighted by atomic mass is 35.5. The molecular formula is C18H20ClFO. The SMILES string of the molecule is Cc1cc(C)c(CC(O)Cc2c(F)cccc2Cl)c(C)c1. The van der Waals surface area contributed by atoms with Crippen molar-refractivity contribution in [3.63, 3.8) is 0 Å². The van der Waals surface area contributed by atoms with Gasteiger partial charge in [-0.05, 0) is 56.0 Å². The number of halogens is 2. The first-order valence-electron chi connectivity index (χ1n) is 7.06. The Morgan fingerprint density at radius 1 is 1.05 bits per heavy atom. The third-order valence-corrected chi connectivity index (χ3v) is 4.14. The zero-order valence-corrected chi connectivity index (χ0v) is 13.3. The molecule has 1 atom stereocenters. The molecule has 0 aliphatic carbocycles. The van der Waals surface area contributed by atoms with Crippen LogP contribution in [0.2, 0.25) is 5.02 Å². The molecule has 2 aromatic carbocycles. The minimum atomic E-state index is -0.653. The van der Waals surface area contributed by atoms with Crippen molar-refractivity contribution in [1.29, 1.82) is 0 Å². The lowest BCUT2D eigenvalue weighted by molar-refractivity contribution is 0.173. The van der Waals surface area contributed by atoms with Crippen molar-refractivity contribution < 1.29 is 9.50 Å². The van der Waals surface area contributed by atoms with Crippen molar-refractivity contribution in [1.82, 2.24) is 0 Å². The fraction of sp³-hybridized carbons (Fsp3) is 0.333. The molecule has 1 unspecified atom stereocenters. The van der Waals surface area contributed by atoms with Gasteiger partial charge in [0.1, 0.15) is 5.82 Å². The van der Waals surface area contributed by atoms with E-state index >= 15 is 0 Å². The Bertz CT molecular complexity index is 608. The van der Waals surface area contributed by atoms with Gasteiger partial charge in [-0.3, -0.25) is 0 Å². The molecule has 0 aliphatic rings. The van der Waals surface area contributed by atoms with E-state index < -0.39 is 6.10 Å². The second-order valence-corrected chi connectivity index (χ2v) is 6.05. The highest BCUT2D eigenvalue weighted by Crippen LogP contribution is 2.23. The maximum Gasteiger partial charge on any atom is 0.127 e. The Morgan fingerprint density at radius 2 is 1.62 bits per heavy atom. The second-order valence-electron chi connectivity index (χ2n) is 5.64. The molecule has 0 radical (unpaired) electrons. The van der Waals surface area contributed by atoms with Crippen LogP contribution in [0.5, 0.6) is 0 Å². The summed E-state index contributed by atoms with van der Waals surface area (Å²) in [6.45, 7) is 6.13. The number of hydrogen-bond acceptors (Lipinski definition) is 1. The van der Waals surface area contributed by atoms with Gasteiger partial charge in [0, 0.05) is 17.0 Å². The normalized spacial score (nSPS) is 12.5. The molecule has 0 amide bonds. The van der Waals surface area contributed by atoms with Gasteiger partial charge in [0.2, 0.25) is 0 Å². The second kappa shape index (κ2) is 6.59. The lowest BCUT2D eigenvalue weighted by Gasteiger charge is -2.16. The summed E-state index contributed by atoms with van der Waals surface area (Å²) in [6.07, 6.45) is 0.0699. The smallest absolute Gasteiger partial charge is 0.127 e. The summed E-state index contributed by atoms with van der Waals surface area (Å²) in [5.74, 6) is -0.362. The summed E-state index contributed by atoms with van der Waals surface area (Å²) in [5.41, 5.74) is 5.03. The van der Waals surface area contributed by atoms with Gasteiger partial charge in [-0.1, -0.05) is 35.4 Å². The Balaban J connectivity index is 2.18. The molecule has 0 fully saturated rings. The Morgan fingerprint density at radius 3 is 2.19 bits per heavy atom. The number of benzene rings is 2. The quantitative estimate of drug-likeness (QED) is 0.878. The molecule has 0 aliphatic heterocycles. The van der Waals surface area contributed by atoms with Gasteiger partial charge < -0.3 is 5.11 Å². The number of hydrogen-bond donors (Lipinski definition) is 1. The van der Waals surface area contributed by atoms with Gasteiger partial charge in [0.05, 0.1) is 6.10 Å². The average molecular weight is 307 g/mol. The largest absolute Gasteiger partial charge is 0.392 e. The van der Waals surface area contributed by atoms with Crippen molar-refractivity contribution >= 4 is 11.6 Å². The van der Waals surface area contributed by atoms with E-state index in [0.29, 0.717) is 17.0 Å². The molecule has 2 rings (SSSR count). The van der Waals surface area contributed by atoms with Crippen LogP contribution in [-0.4, -0.2) is 11.2 Å². The third-order valence-electron chi connectivity index (χ3n) is 3.78. The minimum absolute atomic E-state index is 0.220. The first kappa shape index (κ1) is 16.0. The van der Waals surface area contributed by atoms with Crippen LogP contribution in [-0.2, 0) is 12.8 Å². The minimum Gasteiger partial charge on any atom is -0.392 e. The fourth-order valence-electron chi connectivity index (χ4n) is 2.80. The summed E-state index contributed by atoms with van der Waals surface area (Å²) in [4.78, 5) is 0. The number of aliphatic hydroxyl groups excluding tert-OH is 1. The van der Waals surface area contributed by atoms with Crippen molar-refractivity contribution in [2.45, 2.75) is 39.7 Å². The van der Waals surface area contributed by atoms with Gasteiger partial charge in [0.15, 0.2) is 0 Å². The van der Waals surface area contributed by atoms with Crippen LogP contribution >= 0.6 is 11.6 Å². The molecule has 0 saturated carbocycles. The van der Waals surface area contributed by atoms with Crippen LogP contribution in [0.3, 0.4) is 0 Å².